The standard InChI is InChI=1S/C21H24N6O2/c1-2-25-14-24-19-20(25)22-13-23-21(19)27-10-15-8-26(9-16(15)11-27)18(28)12-29-17-6-4-3-5-7-17/h3-7,13-16H,2,8-12H2,1H3. The molecule has 2 aliphatic rings. The number of carbonyl (C=O) groups is 1. The lowest BCUT2D eigenvalue weighted by atomic mass is 10.0. The number of hydrogen-bond acceptors (Lipinski definition) is 6. The van der Waals surface area contributed by atoms with Crippen LogP contribution in [0, 0.1) is 11.8 Å². The molecule has 2 unspecified atom stereocenters. The maximum absolute atomic E-state index is 12.6. The van der Waals surface area contributed by atoms with Gasteiger partial charge in [0, 0.05) is 44.6 Å². The summed E-state index contributed by atoms with van der Waals surface area (Å²) < 4.78 is 7.66. The summed E-state index contributed by atoms with van der Waals surface area (Å²) in [6, 6.07) is 9.48. The number of likely N-dealkylation sites (tertiary alicyclic amines) is 1. The van der Waals surface area contributed by atoms with Gasteiger partial charge in [-0.05, 0) is 19.1 Å². The van der Waals surface area contributed by atoms with Gasteiger partial charge in [0.2, 0.25) is 0 Å². The van der Waals surface area contributed by atoms with Gasteiger partial charge in [-0.15, -0.1) is 0 Å². The molecule has 150 valence electrons. The van der Waals surface area contributed by atoms with E-state index in [0.29, 0.717) is 11.8 Å². The summed E-state index contributed by atoms with van der Waals surface area (Å²) >= 11 is 0. The fraction of sp³-hybridized carbons (Fsp3) is 0.429. The van der Waals surface area contributed by atoms with Gasteiger partial charge in [0.25, 0.3) is 5.91 Å². The van der Waals surface area contributed by atoms with Crippen LogP contribution in [0.5, 0.6) is 5.75 Å². The van der Waals surface area contributed by atoms with Crippen molar-refractivity contribution in [1.29, 1.82) is 0 Å². The fourth-order valence-electron chi connectivity index (χ4n) is 4.45. The van der Waals surface area contributed by atoms with Crippen LogP contribution in [-0.4, -0.2) is 63.1 Å². The van der Waals surface area contributed by atoms with Gasteiger partial charge in [0.1, 0.15) is 12.1 Å². The molecule has 0 N–H and O–H groups in total. The molecule has 3 aromatic rings. The number of hydrogen-bond donors (Lipinski definition) is 0. The van der Waals surface area contributed by atoms with Crippen LogP contribution in [0.4, 0.5) is 5.82 Å². The van der Waals surface area contributed by atoms with Crippen LogP contribution in [0.2, 0.25) is 0 Å². The predicted octanol–water partition coefficient (Wildman–Crippen LogP) is 1.82. The quantitative estimate of drug-likeness (QED) is 0.659. The molecule has 0 spiro atoms. The number of fused-ring (bicyclic) bond motifs is 2. The average Bonchev–Trinajstić information content (AvgIpc) is 3.45. The third-order valence-corrected chi connectivity index (χ3v) is 5.97. The Labute approximate surface area is 169 Å². The van der Waals surface area contributed by atoms with E-state index in [1.54, 1.807) is 6.33 Å². The van der Waals surface area contributed by atoms with E-state index in [1.807, 2.05) is 46.1 Å². The lowest BCUT2D eigenvalue weighted by Crippen LogP contribution is -2.36. The second-order valence-electron chi connectivity index (χ2n) is 7.73. The minimum Gasteiger partial charge on any atom is -0.484 e. The van der Waals surface area contributed by atoms with Gasteiger partial charge in [-0.3, -0.25) is 4.79 Å². The molecule has 0 bridgehead atoms. The third kappa shape index (κ3) is 3.28. The number of aryl methyl sites for hydroxylation is 1. The molecule has 2 atom stereocenters. The Hall–Kier alpha value is -3.16. The lowest BCUT2D eigenvalue weighted by Gasteiger charge is -2.22. The molecule has 1 aromatic carbocycles. The van der Waals surface area contributed by atoms with E-state index in [1.165, 1.54) is 0 Å². The summed E-state index contributed by atoms with van der Waals surface area (Å²) in [5.41, 5.74) is 1.74. The third-order valence-electron chi connectivity index (χ3n) is 5.97. The molecule has 5 rings (SSSR count). The van der Waals surface area contributed by atoms with Crippen LogP contribution < -0.4 is 9.64 Å². The zero-order valence-electron chi connectivity index (χ0n) is 16.4. The number of anilines is 1. The van der Waals surface area contributed by atoms with E-state index in [0.717, 1.165) is 55.5 Å². The molecule has 2 aliphatic heterocycles. The summed E-state index contributed by atoms with van der Waals surface area (Å²) in [6.45, 7) is 6.33. The normalized spacial score (nSPS) is 21.0. The summed E-state index contributed by atoms with van der Waals surface area (Å²) in [5.74, 6) is 2.59. The minimum absolute atomic E-state index is 0.0564. The maximum Gasteiger partial charge on any atom is 0.260 e. The van der Waals surface area contributed by atoms with Crippen LogP contribution >= 0.6 is 0 Å². The Balaban J connectivity index is 1.22. The van der Waals surface area contributed by atoms with Gasteiger partial charge in [-0.2, -0.15) is 0 Å². The number of rotatable bonds is 5. The van der Waals surface area contributed by atoms with Crippen molar-refractivity contribution in [3.63, 3.8) is 0 Å². The van der Waals surface area contributed by atoms with Crippen molar-refractivity contribution in [3.8, 4) is 5.75 Å². The Morgan fingerprint density at radius 1 is 1.07 bits per heavy atom. The van der Waals surface area contributed by atoms with Gasteiger partial charge in [0.15, 0.2) is 23.6 Å². The molecule has 0 saturated carbocycles. The Morgan fingerprint density at radius 3 is 2.55 bits per heavy atom. The fourth-order valence-corrected chi connectivity index (χ4v) is 4.45. The van der Waals surface area contributed by atoms with E-state index in [-0.39, 0.29) is 12.5 Å². The van der Waals surface area contributed by atoms with Gasteiger partial charge in [-0.25, -0.2) is 15.0 Å². The molecular weight excluding hydrogens is 368 g/mol. The van der Waals surface area contributed by atoms with Crippen LogP contribution in [0.1, 0.15) is 6.92 Å². The minimum atomic E-state index is 0.0564. The molecule has 2 saturated heterocycles. The topological polar surface area (TPSA) is 76.4 Å². The van der Waals surface area contributed by atoms with Crippen LogP contribution in [-0.2, 0) is 11.3 Å². The SMILES string of the molecule is CCn1cnc2c(N3CC4CN(C(=O)COc5ccccc5)CC4C3)ncnc21. The van der Waals surface area contributed by atoms with Crippen LogP contribution in [0.15, 0.2) is 43.0 Å². The summed E-state index contributed by atoms with van der Waals surface area (Å²) in [4.78, 5) is 30.3. The van der Waals surface area contributed by atoms with E-state index >= 15 is 0 Å². The van der Waals surface area contributed by atoms with Crippen molar-refractivity contribution in [3.05, 3.63) is 43.0 Å². The molecule has 0 aliphatic carbocycles. The molecule has 8 heteroatoms. The van der Waals surface area contributed by atoms with Gasteiger partial charge >= 0.3 is 0 Å². The van der Waals surface area contributed by atoms with Crippen molar-refractivity contribution in [2.24, 2.45) is 11.8 Å². The Morgan fingerprint density at radius 2 is 1.83 bits per heavy atom. The van der Waals surface area contributed by atoms with Crippen LogP contribution in [0.25, 0.3) is 11.2 Å². The highest BCUT2D eigenvalue weighted by Gasteiger charge is 2.42. The first-order valence-electron chi connectivity index (χ1n) is 10.1. The number of aromatic nitrogens is 4. The zero-order valence-corrected chi connectivity index (χ0v) is 16.4. The first kappa shape index (κ1) is 17.9. The second-order valence-corrected chi connectivity index (χ2v) is 7.73. The van der Waals surface area contributed by atoms with Crippen molar-refractivity contribution in [1.82, 2.24) is 24.4 Å². The highest BCUT2D eigenvalue weighted by atomic mass is 16.5. The van der Waals surface area contributed by atoms with Gasteiger partial charge < -0.3 is 19.1 Å². The number of amides is 1. The predicted molar refractivity (Wildman–Crippen MR) is 109 cm³/mol. The van der Waals surface area contributed by atoms with E-state index in [2.05, 4.69) is 26.8 Å². The largest absolute Gasteiger partial charge is 0.484 e. The van der Waals surface area contributed by atoms with Crippen molar-refractivity contribution >= 4 is 22.9 Å². The molecular formula is C21H24N6O2. The second kappa shape index (κ2) is 7.35. The van der Waals surface area contributed by atoms with Gasteiger partial charge in [-0.1, -0.05) is 18.2 Å². The number of ether oxygens (including phenoxy) is 1. The maximum atomic E-state index is 12.6. The van der Waals surface area contributed by atoms with Crippen LogP contribution in [0.3, 0.4) is 0 Å². The first-order chi connectivity index (χ1) is 14.2. The molecule has 1 amide bonds. The number of benzene rings is 1. The highest BCUT2D eigenvalue weighted by molar-refractivity contribution is 5.83. The molecule has 29 heavy (non-hydrogen) atoms. The molecule has 2 aromatic heterocycles. The molecule has 8 nitrogen and oxygen atoms in total. The summed E-state index contributed by atoms with van der Waals surface area (Å²) in [5, 5.41) is 0. The average molecular weight is 392 g/mol. The molecule has 4 heterocycles. The number of para-hydroxylation sites is 1. The van der Waals surface area contributed by atoms with Gasteiger partial charge in [0.05, 0.1) is 6.33 Å². The Bertz CT molecular complexity index is 1010. The van der Waals surface area contributed by atoms with E-state index < -0.39 is 0 Å². The molecule has 0 radical (unpaired) electrons. The lowest BCUT2D eigenvalue weighted by molar-refractivity contribution is -0.132. The van der Waals surface area contributed by atoms with Crippen molar-refractivity contribution in [2.45, 2.75) is 13.5 Å². The van der Waals surface area contributed by atoms with Crippen molar-refractivity contribution < 1.29 is 9.53 Å². The summed E-state index contributed by atoms with van der Waals surface area (Å²) in [7, 11) is 0. The summed E-state index contributed by atoms with van der Waals surface area (Å²) in [6.07, 6.45) is 3.45. The van der Waals surface area contributed by atoms with E-state index in [9.17, 15) is 4.79 Å². The molecule has 2 fully saturated rings. The smallest absolute Gasteiger partial charge is 0.260 e. The number of carbonyl (C=O) groups excluding carboxylic acids is 1. The number of imidazole rings is 1. The van der Waals surface area contributed by atoms with Crippen molar-refractivity contribution in [2.75, 3.05) is 37.7 Å². The monoisotopic (exact) mass is 392 g/mol. The number of nitrogens with zero attached hydrogens (tertiary/aromatic N) is 6. The zero-order chi connectivity index (χ0) is 19.8. The first-order valence-corrected chi connectivity index (χ1v) is 10.1. The van der Waals surface area contributed by atoms with E-state index in [4.69, 9.17) is 4.74 Å². The highest BCUT2D eigenvalue weighted by Crippen LogP contribution is 2.35. The Kier molecular flexibility index (Phi) is 4.54.